The first-order chi connectivity index (χ1) is 15.1. The van der Waals surface area contributed by atoms with Gasteiger partial charge in [-0.15, -0.1) is 15.3 Å². The third-order valence-corrected chi connectivity index (χ3v) is 6.37. The van der Waals surface area contributed by atoms with Gasteiger partial charge in [0.1, 0.15) is 6.33 Å². The van der Waals surface area contributed by atoms with Crippen molar-refractivity contribution < 1.29 is 9.53 Å². The second-order valence-electron chi connectivity index (χ2n) is 8.47. The van der Waals surface area contributed by atoms with Crippen molar-refractivity contribution in [1.82, 2.24) is 30.1 Å². The van der Waals surface area contributed by atoms with Crippen molar-refractivity contribution >= 4 is 17.4 Å². The van der Waals surface area contributed by atoms with Crippen molar-refractivity contribution in [2.24, 2.45) is 5.92 Å². The summed E-state index contributed by atoms with van der Waals surface area (Å²) in [5.74, 6) is 1.24. The molecule has 2 aliphatic rings. The lowest BCUT2D eigenvalue weighted by molar-refractivity contribution is 0.0536. The van der Waals surface area contributed by atoms with E-state index in [4.69, 9.17) is 9.84 Å². The van der Waals surface area contributed by atoms with Crippen LogP contribution in [0.15, 0.2) is 18.6 Å². The van der Waals surface area contributed by atoms with Crippen molar-refractivity contribution in [3.63, 3.8) is 0 Å². The number of hydrogen-bond donors (Lipinski definition) is 1. The van der Waals surface area contributed by atoms with Crippen molar-refractivity contribution in [2.45, 2.75) is 39.7 Å². The minimum atomic E-state index is -0.0749. The van der Waals surface area contributed by atoms with E-state index in [2.05, 4.69) is 32.3 Å². The highest BCUT2D eigenvalue weighted by Crippen LogP contribution is 2.27. The van der Waals surface area contributed by atoms with Gasteiger partial charge in [0.05, 0.1) is 12.2 Å². The van der Waals surface area contributed by atoms with Crippen molar-refractivity contribution in [2.75, 3.05) is 31.2 Å². The topological polar surface area (TPSA) is 97.5 Å². The number of aromatic nitrogens is 5. The number of hydrogen-bond acceptors (Lipinski definition) is 7. The summed E-state index contributed by atoms with van der Waals surface area (Å²) in [6, 6.07) is 1.97. The molecule has 1 amide bonds. The highest BCUT2D eigenvalue weighted by Gasteiger charge is 2.23. The average Bonchev–Trinajstić information content (AvgIpc) is 3.28. The lowest BCUT2D eigenvalue weighted by Gasteiger charge is -2.30. The number of carbonyl (C=O) groups is 1. The lowest BCUT2D eigenvalue weighted by atomic mass is 10.0. The summed E-state index contributed by atoms with van der Waals surface area (Å²) in [4.78, 5) is 19.5. The number of ether oxygens (including phenoxy) is 1. The zero-order valence-electron chi connectivity index (χ0n) is 18.0. The Morgan fingerprint density at radius 2 is 2.23 bits per heavy atom. The van der Waals surface area contributed by atoms with Gasteiger partial charge in [-0.05, 0) is 44.2 Å². The van der Waals surface area contributed by atoms with Crippen LogP contribution >= 0.6 is 0 Å². The highest BCUT2D eigenvalue weighted by molar-refractivity contribution is 5.94. The summed E-state index contributed by atoms with van der Waals surface area (Å²) >= 11 is 0. The second-order valence-corrected chi connectivity index (χ2v) is 8.47. The Kier molecular flexibility index (Phi) is 5.27. The van der Waals surface area contributed by atoms with E-state index in [-0.39, 0.29) is 5.91 Å². The Hall–Kier alpha value is -3.07. The number of anilines is 1. The van der Waals surface area contributed by atoms with Crippen molar-refractivity contribution in [1.29, 1.82) is 0 Å². The number of fused-ring (bicyclic) bond motifs is 2. The number of aryl methyl sites for hydroxylation is 1. The van der Waals surface area contributed by atoms with Gasteiger partial charge in [-0.25, -0.2) is 0 Å². The molecule has 0 bridgehead atoms. The molecule has 5 rings (SSSR count). The third kappa shape index (κ3) is 3.85. The van der Waals surface area contributed by atoms with Crippen LogP contribution in [0.5, 0.6) is 0 Å². The van der Waals surface area contributed by atoms with Gasteiger partial charge in [-0.2, -0.15) is 4.52 Å². The van der Waals surface area contributed by atoms with Crippen molar-refractivity contribution in [3.05, 3.63) is 46.5 Å². The average molecular weight is 422 g/mol. The Bertz CT molecular complexity index is 1120. The van der Waals surface area contributed by atoms with E-state index in [9.17, 15) is 4.79 Å². The molecule has 0 spiro atoms. The Labute approximate surface area is 180 Å². The SMILES string of the molecule is Cc1c(N2CCc3ncc(C(=O)NCC4CCCOC4)cc3C2)nn2cnnc2c1C. The summed E-state index contributed by atoms with van der Waals surface area (Å²) in [6.07, 6.45) is 6.30. The first-order valence-corrected chi connectivity index (χ1v) is 10.9. The molecule has 1 fully saturated rings. The molecule has 1 unspecified atom stereocenters. The molecule has 0 aliphatic carbocycles. The largest absolute Gasteiger partial charge is 0.381 e. The number of pyridine rings is 1. The van der Waals surface area contributed by atoms with E-state index in [0.29, 0.717) is 24.6 Å². The van der Waals surface area contributed by atoms with Gasteiger partial charge in [-0.3, -0.25) is 9.78 Å². The van der Waals surface area contributed by atoms with Crippen LogP contribution in [0.3, 0.4) is 0 Å². The third-order valence-electron chi connectivity index (χ3n) is 6.37. The predicted octanol–water partition coefficient (Wildman–Crippen LogP) is 1.86. The maximum absolute atomic E-state index is 12.7. The molecule has 9 nitrogen and oxygen atoms in total. The summed E-state index contributed by atoms with van der Waals surface area (Å²) in [5, 5.41) is 15.9. The van der Waals surface area contributed by atoms with E-state index < -0.39 is 0 Å². The van der Waals surface area contributed by atoms with Crippen LogP contribution in [0, 0.1) is 19.8 Å². The summed E-state index contributed by atoms with van der Waals surface area (Å²) < 4.78 is 7.23. The molecule has 3 aromatic heterocycles. The molecule has 0 aromatic carbocycles. The maximum atomic E-state index is 12.7. The maximum Gasteiger partial charge on any atom is 0.252 e. The van der Waals surface area contributed by atoms with E-state index in [0.717, 1.165) is 72.9 Å². The standard InChI is InChI=1S/C22H27N7O2/c1-14-15(2)21(27-29-13-25-26-20(14)29)28-6-5-19-18(11-28)8-17(10-23-19)22(30)24-9-16-4-3-7-31-12-16/h8,10,13,16H,3-7,9,11-12H2,1-2H3,(H,24,30). The van der Waals surface area contributed by atoms with Crippen LogP contribution in [0.4, 0.5) is 5.82 Å². The molecular formula is C22H27N7O2. The smallest absolute Gasteiger partial charge is 0.252 e. The van der Waals surface area contributed by atoms with Gasteiger partial charge in [0.15, 0.2) is 11.5 Å². The number of rotatable bonds is 4. The van der Waals surface area contributed by atoms with Crippen LogP contribution in [0.2, 0.25) is 0 Å². The van der Waals surface area contributed by atoms with Crippen molar-refractivity contribution in [3.8, 4) is 0 Å². The normalized spacial score (nSPS) is 18.8. The van der Waals surface area contributed by atoms with Gasteiger partial charge in [0.2, 0.25) is 0 Å². The molecule has 31 heavy (non-hydrogen) atoms. The zero-order valence-corrected chi connectivity index (χ0v) is 18.0. The molecule has 1 saturated heterocycles. The monoisotopic (exact) mass is 421 g/mol. The summed E-state index contributed by atoms with van der Waals surface area (Å²) in [5.41, 5.74) is 5.68. The van der Waals surface area contributed by atoms with Crippen LogP contribution in [0.25, 0.3) is 5.65 Å². The fraction of sp³-hybridized carbons (Fsp3) is 0.500. The van der Waals surface area contributed by atoms with E-state index >= 15 is 0 Å². The summed E-state index contributed by atoms with van der Waals surface area (Å²) in [6.45, 7) is 7.80. The van der Waals surface area contributed by atoms with Crippen LogP contribution in [-0.2, 0) is 17.7 Å². The predicted molar refractivity (Wildman–Crippen MR) is 115 cm³/mol. The zero-order chi connectivity index (χ0) is 21.4. The molecule has 162 valence electrons. The number of nitrogens with one attached hydrogen (secondary N) is 1. The Morgan fingerprint density at radius 3 is 3.06 bits per heavy atom. The van der Waals surface area contributed by atoms with Gasteiger partial charge >= 0.3 is 0 Å². The molecule has 1 N–H and O–H groups in total. The molecule has 0 radical (unpaired) electrons. The Morgan fingerprint density at radius 1 is 1.32 bits per heavy atom. The molecule has 5 heterocycles. The van der Waals surface area contributed by atoms with Gasteiger partial charge in [0, 0.05) is 55.7 Å². The highest BCUT2D eigenvalue weighted by atomic mass is 16.5. The summed E-state index contributed by atoms with van der Waals surface area (Å²) in [7, 11) is 0. The van der Waals surface area contributed by atoms with Gasteiger partial charge < -0.3 is 15.0 Å². The molecule has 9 heteroatoms. The second kappa shape index (κ2) is 8.22. The number of amides is 1. The quantitative estimate of drug-likeness (QED) is 0.687. The minimum Gasteiger partial charge on any atom is -0.381 e. The molecular weight excluding hydrogens is 394 g/mol. The van der Waals surface area contributed by atoms with Crippen LogP contribution in [0.1, 0.15) is 45.6 Å². The fourth-order valence-electron chi connectivity index (χ4n) is 4.40. The molecule has 3 aromatic rings. The first-order valence-electron chi connectivity index (χ1n) is 10.9. The Balaban J connectivity index is 1.34. The van der Waals surface area contributed by atoms with E-state index in [1.807, 2.05) is 13.0 Å². The van der Waals surface area contributed by atoms with E-state index in [1.165, 1.54) is 0 Å². The number of nitrogens with zero attached hydrogens (tertiary/aromatic N) is 6. The fourth-order valence-corrected chi connectivity index (χ4v) is 4.40. The van der Waals surface area contributed by atoms with Gasteiger partial charge in [-0.1, -0.05) is 0 Å². The number of carbonyl (C=O) groups excluding carboxylic acids is 1. The van der Waals surface area contributed by atoms with Gasteiger partial charge in [0.25, 0.3) is 5.91 Å². The molecule has 1 atom stereocenters. The minimum absolute atomic E-state index is 0.0749. The molecule has 2 aliphatic heterocycles. The lowest BCUT2D eigenvalue weighted by Crippen LogP contribution is -2.35. The molecule has 0 saturated carbocycles. The van der Waals surface area contributed by atoms with Crippen LogP contribution in [-0.4, -0.2) is 57.0 Å². The van der Waals surface area contributed by atoms with Crippen LogP contribution < -0.4 is 10.2 Å². The van der Waals surface area contributed by atoms with E-state index in [1.54, 1.807) is 17.0 Å². The first kappa shape index (κ1) is 19.9.